The number of hydrogen-bond acceptors (Lipinski definition) is 4. The summed E-state index contributed by atoms with van der Waals surface area (Å²) in [5.41, 5.74) is 3.05. The van der Waals surface area contributed by atoms with Crippen molar-refractivity contribution in [2.24, 2.45) is 0 Å². The third-order valence-electron chi connectivity index (χ3n) is 3.99. The van der Waals surface area contributed by atoms with Gasteiger partial charge in [-0.05, 0) is 39.2 Å². The van der Waals surface area contributed by atoms with E-state index in [0.29, 0.717) is 5.69 Å². The zero-order valence-electron chi connectivity index (χ0n) is 14.2. The molecule has 2 N–H and O–H groups in total. The lowest BCUT2D eigenvalue weighted by Crippen LogP contribution is -2.29. The number of nitrogens with zero attached hydrogens (tertiary/aromatic N) is 4. The Morgan fingerprint density at radius 2 is 2.00 bits per heavy atom. The SMILES string of the molecule is CN(C)CCCN(C)C(=O)c1cc(-c2ncnc3[nH]ccc23)c[nH]1. The molecule has 3 heterocycles. The van der Waals surface area contributed by atoms with Crippen LogP contribution in [-0.2, 0) is 0 Å². The second-order valence-electron chi connectivity index (χ2n) is 6.15. The molecule has 7 heteroatoms. The summed E-state index contributed by atoms with van der Waals surface area (Å²) in [6.07, 6.45) is 6.12. The van der Waals surface area contributed by atoms with E-state index in [-0.39, 0.29) is 5.91 Å². The van der Waals surface area contributed by atoms with Crippen LogP contribution < -0.4 is 0 Å². The molecule has 0 saturated heterocycles. The van der Waals surface area contributed by atoms with Crippen LogP contribution in [0.5, 0.6) is 0 Å². The van der Waals surface area contributed by atoms with Crippen LogP contribution in [0.25, 0.3) is 22.3 Å². The molecule has 0 atom stereocenters. The number of nitrogens with one attached hydrogen (secondary N) is 2. The van der Waals surface area contributed by atoms with Gasteiger partial charge in [-0.25, -0.2) is 9.97 Å². The minimum absolute atomic E-state index is 0.0145. The molecule has 1 amide bonds. The fourth-order valence-corrected chi connectivity index (χ4v) is 2.69. The summed E-state index contributed by atoms with van der Waals surface area (Å²) in [6.45, 7) is 1.68. The lowest BCUT2D eigenvalue weighted by Gasteiger charge is -2.17. The van der Waals surface area contributed by atoms with Gasteiger partial charge in [-0.1, -0.05) is 0 Å². The number of carbonyl (C=O) groups excluding carboxylic acids is 1. The molecule has 3 aromatic heterocycles. The van der Waals surface area contributed by atoms with Gasteiger partial charge in [-0.2, -0.15) is 0 Å². The topological polar surface area (TPSA) is 80.9 Å². The van der Waals surface area contributed by atoms with E-state index in [1.807, 2.05) is 45.7 Å². The summed E-state index contributed by atoms with van der Waals surface area (Å²) in [6, 6.07) is 3.78. The molecule has 0 aromatic carbocycles. The van der Waals surface area contributed by atoms with Gasteiger partial charge >= 0.3 is 0 Å². The molecule has 0 aliphatic heterocycles. The summed E-state index contributed by atoms with van der Waals surface area (Å²) in [5, 5.41) is 0.940. The van der Waals surface area contributed by atoms with E-state index in [0.717, 1.165) is 41.8 Å². The summed E-state index contributed by atoms with van der Waals surface area (Å²) < 4.78 is 0. The van der Waals surface area contributed by atoms with Crippen LogP contribution in [0.15, 0.2) is 30.9 Å². The minimum Gasteiger partial charge on any atom is -0.357 e. The maximum absolute atomic E-state index is 12.5. The van der Waals surface area contributed by atoms with E-state index in [9.17, 15) is 4.79 Å². The predicted molar refractivity (Wildman–Crippen MR) is 93.8 cm³/mol. The first-order valence-corrected chi connectivity index (χ1v) is 7.93. The second kappa shape index (κ2) is 6.84. The van der Waals surface area contributed by atoms with Crippen LogP contribution in [0.2, 0.25) is 0 Å². The fraction of sp³-hybridized carbons (Fsp3) is 0.353. The van der Waals surface area contributed by atoms with Crippen molar-refractivity contribution in [3.63, 3.8) is 0 Å². The second-order valence-corrected chi connectivity index (χ2v) is 6.15. The lowest BCUT2D eigenvalue weighted by molar-refractivity contribution is 0.0785. The van der Waals surface area contributed by atoms with Gasteiger partial charge in [0, 0.05) is 36.9 Å². The Hall–Kier alpha value is -2.67. The zero-order chi connectivity index (χ0) is 17.1. The number of hydrogen-bond donors (Lipinski definition) is 2. The van der Waals surface area contributed by atoms with Gasteiger partial charge in [0.05, 0.1) is 5.69 Å². The highest BCUT2D eigenvalue weighted by Gasteiger charge is 2.16. The quantitative estimate of drug-likeness (QED) is 0.726. The summed E-state index contributed by atoms with van der Waals surface area (Å²) in [7, 11) is 5.89. The molecule has 0 bridgehead atoms. The number of amides is 1. The Morgan fingerprint density at radius 1 is 1.17 bits per heavy atom. The van der Waals surface area contributed by atoms with Crippen molar-refractivity contribution in [3.05, 3.63) is 36.5 Å². The van der Waals surface area contributed by atoms with Crippen LogP contribution in [0.3, 0.4) is 0 Å². The number of aromatic nitrogens is 4. The van der Waals surface area contributed by atoms with E-state index in [4.69, 9.17) is 0 Å². The van der Waals surface area contributed by atoms with Gasteiger partial charge in [-0.15, -0.1) is 0 Å². The Balaban J connectivity index is 1.75. The largest absolute Gasteiger partial charge is 0.357 e. The van der Waals surface area contributed by atoms with Crippen molar-refractivity contribution in [1.29, 1.82) is 0 Å². The highest BCUT2D eigenvalue weighted by atomic mass is 16.2. The van der Waals surface area contributed by atoms with Crippen molar-refractivity contribution < 1.29 is 4.79 Å². The molecule has 0 radical (unpaired) electrons. The van der Waals surface area contributed by atoms with Crippen LogP contribution in [-0.4, -0.2) is 69.9 Å². The number of carbonyl (C=O) groups is 1. The maximum Gasteiger partial charge on any atom is 0.270 e. The normalized spacial score (nSPS) is 11.3. The first-order valence-electron chi connectivity index (χ1n) is 7.93. The van der Waals surface area contributed by atoms with Crippen molar-refractivity contribution in [1.82, 2.24) is 29.7 Å². The van der Waals surface area contributed by atoms with Crippen molar-refractivity contribution in [2.75, 3.05) is 34.2 Å². The van der Waals surface area contributed by atoms with Crippen LogP contribution in [0.4, 0.5) is 0 Å². The lowest BCUT2D eigenvalue weighted by atomic mass is 10.1. The fourth-order valence-electron chi connectivity index (χ4n) is 2.69. The van der Waals surface area contributed by atoms with Crippen LogP contribution in [0.1, 0.15) is 16.9 Å². The predicted octanol–water partition coefficient (Wildman–Crippen LogP) is 1.98. The number of H-pyrrole nitrogens is 2. The third kappa shape index (κ3) is 3.30. The van der Waals surface area contributed by atoms with Gasteiger partial charge in [-0.3, -0.25) is 4.79 Å². The van der Waals surface area contributed by atoms with Gasteiger partial charge in [0.25, 0.3) is 5.91 Å². The molecule has 0 aliphatic rings. The Morgan fingerprint density at radius 3 is 2.79 bits per heavy atom. The van der Waals surface area contributed by atoms with Gasteiger partial charge in [0.1, 0.15) is 17.7 Å². The number of aromatic amines is 2. The molecular formula is C17H22N6O. The van der Waals surface area contributed by atoms with Crippen molar-refractivity contribution in [3.8, 4) is 11.3 Å². The Kier molecular flexibility index (Phi) is 4.61. The van der Waals surface area contributed by atoms with Gasteiger partial charge in [0.2, 0.25) is 0 Å². The highest BCUT2D eigenvalue weighted by Crippen LogP contribution is 2.25. The molecule has 0 fully saturated rings. The average Bonchev–Trinajstić information content (AvgIpc) is 3.22. The van der Waals surface area contributed by atoms with E-state index in [2.05, 4.69) is 24.8 Å². The van der Waals surface area contributed by atoms with E-state index >= 15 is 0 Å². The summed E-state index contributed by atoms with van der Waals surface area (Å²) in [4.78, 5) is 31.1. The maximum atomic E-state index is 12.5. The van der Waals surface area contributed by atoms with Crippen molar-refractivity contribution in [2.45, 2.75) is 6.42 Å². The molecule has 0 aliphatic carbocycles. The van der Waals surface area contributed by atoms with Crippen LogP contribution in [0, 0.1) is 0 Å². The smallest absolute Gasteiger partial charge is 0.270 e. The first-order chi connectivity index (χ1) is 11.6. The standard InChI is InChI=1S/C17H22N6O/c1-22(2)7-4-8-23(3)17(24)14-9-12(10-19-14)15-13-5-6-18-16(13)21-11-20-15/h5-6,9-11,19H,4,7-8H2,1-3H3,(H,18,20,21). The molecule has 3 rings (SSSR count). The van der Waals surface area contributed by atoms with Gasteiger partial charge in [0.15, 0.2) is 0 Å². The third-order valence-corrected chi connectivity index (χ3v) is 3.99. The molecular weight excluding hydrogens is 304 g/mol. The van der Waals surface area contributed by atoms with Crippen molar-refractivity contribution >= 4 is 16.9 Å². The monoisotopic (exact) mass is 326 g/mol. The number of fused-ring (bicyclic) bond motifs is 1. The summed E-state index contributed by atoms with van der Waals surface area (Å²) >= 11 is 0. The van der Waals surface area contributed by atoms with Gasteiger partial charge < -0.3 is 19.8 Å². The summed E-state index contributed by atoms with van der Waals surface area (Å²) in [5.74, 6) is -0.0145. The number of rotatable bonds is 6. The van der Waals surface area contributed by atoms with E-state index < -0.39 is 0 Å². The molecule has 0 unspecified atom stereocenters. The molecule has 126 valence electrons. The average molecular weight is 326 g/mol. The molecule has 7 nitrogen and oxygen atoms in total. The molecule has 24 heavy (non-hydrogen) atoms. The zero-order valence-corrected chi connectivity index (χ0v) is 14.2. The Labute approximate surface area is 140 Å². The van der Waals surface area contributed by atoms with E-state index in [1.54, 1.807) is 4.90 Å². The first kappa shape index (κ1) is 16.2. The molecule has 0 spiro atoms. The minimum atomic E-state index is -0.0145. The highest BCUT2D eigenvalue weighted by molar-refractivity contribution is 5.96. The van der Waals surface area contributed by atoms with Crippen LogP contribution >= 0.6 is 0 Å². The van der Waals surface area contributed by atoms with E-state index in [1.165, 1.54) is 6.33 Å². The molecule has 0 saturated carbocycles. The Bertz CT molecular complexity index is 834. The molecule has 3 aromatic rings.